The highest BCUT2D eigenvalue weighted by molar-refractivity contribution is 5.95. The lowest BCUT2D eigenvalue weighted by Crippen LogP contribution is -2.03. The maximum Gasteiger partial charge on any atom is 0.337 e. The monoisotopic (exact) mass is 501 g/mol. The molecule has 1 aromatic heterocycles. The predicted molar refractivity (Wildman–Crippen MR) is 148 cm³/mol. The van der Waals surface area contributed by atoms with E-state index in [0.29, 0.717) is 11.3 Å². The molecule has 0 aliphatic heterocycles. The van der Waals surface area contributed by atoms with Crippen molar-refractivity contribution in [1.29, 1.82) is 0 Å². The van der Waals surface area contributed by atoms with Crippen molar-refractivity contribution in [3.05, 3.63) is 137 Å². The topological polar surface area (TPSA) is 86.7 Å². The highest BCUT2D eigenvalue weighted by atomic mass is 16.6. The van der Waals surface area contributed by atoms with Gasteiger partial charge in [0.1, 0.15) is 0 Å². The fourth-order valence-corrected chi connectivity index (χ4v) is 4.28. The van der Waals surface area contributed by atoms with Crippen molar-refractivity contribution in [3.8, 4) is 28.2 Å². The number of carbonyl (C=O) groups is 1. The van der Waals surface area contributed by atoms with Gasteiger partial charge >= 0.3 is 5.97 Å². The first-order valence-electron chi connectivity index (χ1n) is 11.9. The van der Waals surface area contributed by atoms with E-state index in [4.69, 9.17) is 4.74 Å². The molecule has 5 rings (SSSR count). The summed E-state index contributed by atoms with van der Waals surface area (Å²) in [6.45, 7) is 0. The SMILES string of the molecule is COC(=O)c1ccc(-n2c(-c3ccccc3)cc(C=Nc3ccc([N+](=O)[O-])cc3)c2-c2ccccc2)cc1. The normalized spacial score (nSPS) is 11.0. The van der Waals surface area contributed by atoms with Gasteiger partial charge in [0.25, 0.3) is 5.69 Å². The molecule has 0 amide bonds. The van der Waals surface area contributed by atoms with E-state index < -0.39 is 10.9 Å². The lowest BCUT2D eigenvalue weighted by atomic mass is 10.1. The van der Waals surface area contributed by atoms with Gasteiger partial charge in [0.05, 0.1) is 34.7 Å². The minimum Gasteiger partial charge on any atom is -0.465 e. The summed E-state index contributed by atoms with van der Waals surface area (Å²) in [6.07, 6.45) is 1.77. The fraction of sp³-hybridized carbons (Fsp3) is 0.0323. The Balaban J connectivity index is 1.70. The molecule has 186 valence electrons. The molecule has 0 radical (unpaired) electrons. The van der Waals surface area contributed by atoms with E-state index in [0.717, 1.165) is 33.8 Å². The third-order valence-electron chi connectivity index (χ3n) is 6.11. The molecule has 0 atom stereocenters. The third kappa shape index (κ3) is 4.99. The number of ether oxygens (including phenoxy) is 1. The van der Waals surface area contributed by atoms with Crippen LogP contribution in [0.3, 0.4) is 0 Å². The van der Waals surface area contributed by atoms with Crippen molar-refractivity contribution in [1.82, 2.24) is 4.57 Å². The zero-order valence-corrected chi connectivity index (χ0v) is 20.5. The number of non-ortho nitro benzene ring substituents is 1. The molecule has 0 aliphatic rings. The van der Waals surface area contributed by atoms with Crippen LogP contribution < -0.4 is 0 Å². The summed E-state index contributed by atoms with van der Waals surface area (Å²) < 4.78 is 7.01. The van der Waals surface area contributed by atoms with Gasteiger partial charge in [-0.05, 0) is 53.6 Å². The standard InChI is InChI=1S/C31H23N3O4/c1-38-31(35)24-12-16-27(17-13-24)33-29(22-8-4-2-5-9-22)20-25(30(33)23-10-6-3-7-11-23)21-32-26-14-18-28(19-15-26)34(36)37/h2-21H,1H3. The minimum atomic E-state index is -0.432. The Labute approximate surface area is 219 Å². The number of esters is 1. The molecule has 7 heteroatoms. The molecule has 7 nitrogen and oxygen atoms in total. The molecule has 0 unspecified atom stereocenters. The predicted octanol–water partition coefficient (Wildman–Crippen LogP) is 7.26. The van der Waals surface area contributed by atoms with Gasteiger partial charge in [-0.15, -0.1) is 0 Å². The summed E-state index contributed by atoms with van der Waals surface area (Å²) in [6, 6.07) is 35.5. The van der Waals surface area contributed by atoms with E-state index >= 15 is 0 Å². The number of nitro benzene ring substituents is 1. The van der Waals surface area contributed by atoms with Crippen LogP contribution in [0.15, 0.2) is 120 Å². The smallest absolute Gasteiger partial charge is 0.337 e. The quantitative estimate of drug-likeness (QED) is 0.102. The van der Waals surface area contributed by atoms with Crippen LogP contribution in [0.1, 0.15) is 15.9 Å². The van der Waals surface area contributed by atoms with Gasteiger partial charge in [0.15, 0.2) is 0 Å². The summed E-state index contributed by atoms with van der Waals surface area (Å²) in [7, 11) is 1.36. The third-order valence-corrected chi connectivity index (χ3v) is 6.11. The zero-order valence-electron chi connectivity index (χ0n) is 20.5. The Morgan fingerprint density at radius 2 is 1.45 bits per heavy atom. The van der Waals surface area contributed by atoms with Gasteiger partial charge in [-0.1, -0.05) is 60.7 Å². The van der Waals surface area contributed by atoms with Gasteiger partial charge in [-0.2, -0.15) is 0 Å². The summed E-state index contributed by atoms with van der Waals surface area (Å²) in [5.41, 5.74) is 6.67. The number of nitro groups is 1. The molecule has 0 N–H and O–H groups in total. The molecule has 38 heavy (non-hydrogen) atoms. The maximum atomic E-state index is 12.0. The van der Waals surface area contributed by atoms with Gasteiger partial charge in [0.2, 0.25) is 0 Å². The van der Waals surface area contributed by atoms with Crippen molar-refractivity contribution in [2.45, 2.75) is 0 Å². The average Bonchev–Trinajstić information content (AvgIpc) is 3.36. The second-order valence-electron chi connectivity index (χ2n) is 8.47. The molecule has 0 saturated heterocycles. The van der Waals surface area contributed by atoms with E-state index in [1.165, 1.54) is 19.2 Å². The van der Waals surface area contributed by atoms with Crippen LogP contribution in [0.4, 0.5) is 11.4 Å². The number of carbonyl (C=O) groups excluding carboxylic acids is 1. The number of nitrogens with zero attached hydrogens (tertiary/aromatic N) is 3. The molecule has 1 heterocycles. The Hall–Kier alpha value is -5.30. The Morgan fingerprint density at radius 3 is 2.03 bits per heavy atom. The first-order valence-corrected chi connectivity index (χ1v) is 11.9. The molecule has 0 saturated carbocycles. The van der Waals surface area contributed by atoms with Crippen molar-refractivity contribution in [3.63, 3.8) is 0 Å². The number of aromatic nitrogens is 1. The number of hydrogen-bond donors (Lipinski definition) is 0. The largest absolute Gasteiger partial charge is 0.465 e. The van der Waals surface area contributed by atoms with Crippen molar-refractivity contribution in [2.75, 3.05) is 7.11 Å². The highest BCUT2D eigenvalue weighted by Crippen LogP contribution is 2.36. The molecule has 4 aromatic carbocycles. The van der Waals surface area contributed by atoms with Gasteiger partial charge in [-0.3, -0.25) is 15.1 Å². The molecular weight excluding hydrogens is 478 g/mol. The van der Waals surface area contributed by atoms with E-state index in [1.54, 1.807) is 30.5 Å². The van der Waals surface area contributed by atoms with Crippen LogP contribution in [0.25, 0.3) is 28.2 Å². The minimum absolute atomic E-state index is 0.0156. The fourth-order valence-electron chi connectivity index (χ4n) is 4.28. The van der Waals surface area contributed by atoms with Crippen molar-refractivity contribution < 1.29 is 14.5 Å². The molecule has 5 aromatic rings. The van der Waals surface area contributed by atoms with E-state index in [1.807, 2.05) is 72.8 Å². The summed E-state index contributed by atoms with van der Waals surface area (Å²) >= 11 is 0. The van der Waals surface area contributed by atoms with Gasteiger partial charge in [-0.25, -0.2) is 4.79 Å². The van der Waals surface area contributed by atoms with E-state index in [-0.39, 0.29) is 5.69 Å². The van der Waals surface area contributed by atoms with Crippen LogP contribution >= 0.6 is 0 Å². The first-order chi connectivity index (χ1) is 18.5. The molecule has 0 aliphatic carbocycles. The highest BCUT2D eigenvalue weighted by Gasteiger charge is 2.19. The van der Waals surface area contributed by atoms with Crippen molar-refractivity contribution >= 4 is 23.6 Å². The molecule has 0 spiro atoms. The van der Waals surface area contributed by atoms with E-state index in [9.17, 15) is 14.9 Å². The summed E-state index contributed by atoms with van der Waals surface area (Å²) in [4.78, 5) is 27.3. The molecule has 0 bridgehead atoms. The number of methoxy groups -OCH3 is 1. The first kappa shape index (κ1) is 24.4. The lowest BCUT2D eigenvalue weighted by molar-refractivity contribution is -0.384. The van der Waals surface area contributed by atoms with Gasteiger partial charge in [0, 0.05) is 29.6 Å². The summed E-state index contributed by atoms with van der Waals surface area (Å²) in [5, 5.41) is 11.0. The van der Waals surface area contributed by atoms with Crippen LogP contribution in [-0.4, -0.2) is 28.8 Å². The Morgan fingerprint density at radius 1 is 0.842 bits per heavy atom. The molecular formula is C31H23N3O4. The summed E-state index contributed by atoms with van der Waals surface area (Å²) in [5.74, 6) is -0.397. The van der Waals surface area contributed by atoms with Crippen LogP contribution in [-0.2, 0) is 4.74 Å². The van der Waals surface area contributed by atoms with Crippen LogP contribution in [0.2, 0.25) is 0 Å². The Kier molecular flexibility index (Phi) is 6.91. The van der Waals surface area contributed by atoms with Gasteiger partial charge < -0.3 is 9.30 Å². The zero-order chi connectivity index (χ0) is 26.5. The van der Waals surface area contributed by atoms with E-state index in [2.05, 4.69) is 15.6 Å². The number of benzene rings is 4. The molecule has 0 fully saturated rings. The number of aliphatic imine (C=N–C) groups is 1. The van der Waals surface area contributed by atoms with Crippen molar-refractivity contribution in [2.24, 2.45) is 4.99 Å². The maximum absolute atomic E-state index is 12.0. The second kappa shape index (κ2) is 10.8. The lowest BCUT2D eigenvalue weighted by Gasteiger charge is -2.15. The average molecular weight is 502 g/mol. The van der Waals surface area contributed by atoms with Crippen LogP contribution in [0, 0.1) is 10.1 Å². The number of rotatable bonds is 7. The number of hydrogen-bond acceptors (Lipinski definition) is 5. The Bertz CT molecular complexity index is 1610. The second-order valence-corrected chi connectivity index (χ2v) is 8.47. The van der Waals surface area contributed by atoms with Crippen LogP contribution in [0.5, 0.6) is 0 Å².